The van der Waals surface area contributed by atoms with E-state index < -0.39 is 0 Å². The normalized spacial score (nSPS) is 15.7. The van der Waals surface area contributed by atoms with Gasteiger partial charge >= 0.3 is 0 Å². The van der Waals surface area contributed by atoms with E-state index in [4.69, 9.17) is 0 Å². The number of nitrogens with zero attached hydrogens (tertiary/aromatic N) is 3. The van der Waals surface area contributed by atoms with Crippen molar-refractivity contribution in [2.45, 2.75) is 26.7 Å². The highest BCUT2D eigenvalue weighted by Gasteiger charge is 2.02. The summed E-state index contributed by atoms with van der Waals surface area (Å²) in [6.45, 7) is 4.40. The molecule has 1 aliphatic heterocycles. The summed E-state index contributed by atoms with van der Waals surface area (Å²) < 4.78 is 0. The van der Waals surface area contributed by atoms with E-state index in [2.05, 4.69) is 29.6 Å². The van der Waals surface area contributed by atoms with Crippen molar-refractivity contribution in [3.8, 4) is 0 Å². The topological polar surface area (TPSA) is 38.8 Å². The smallest absolute Gasteiger partial charge is 0.0850 e. The summed E-state index contributed by atoms with van der Waals surface area (Å²) in [6, 6.07) is 0. The Morgan fingerprint density at radius 1 is 1.50 bits per heavy atom. The Bertz CT molecular complexity index is 158. The van der Waals surface area contributed by atoms with E-state index in [1.165, 1.54) is 6.42 Å². The van der Waals surface area contributed by atoms with Crippen molar-refractivity contribution in [3.63, 3.8) is 0 Å². The van der Waals surface area contributed by atoms with Gasteiger partial charge in [0.05, 0.1) is 11.9 Å². The lowest BCUT2D eigenvalue weighted by molar-refractivity contribution is 0.582. The summed E-state index contributed by atoms with van der Waals surface area (Å²) >= 11 is 0. The van der Waals surface area contributed by atoms with Crippen LogP contribution in [0.5, 0.6) is 0 Å². The third-order valence-corrected chi connectivity index (χ3v) is 1.41. The first-order valence-corrected chi connectivity index (χ1v) is 3.59. The average molecular weight is 138 g/mol. The van der Waals surface area contributed by atoms with Gasteiger partial charge in [0.1, 0.15) is 0 Å². The molecule has 3 nitrogen and oxygen atoms in total. The van der Waals surface area contributed by atoms with Gasteiger partial charge in [-0.05, 0) is 24.0 Å². The SMILES string of the molecule is CC(C)CCC1=C[N]N=N1. The minimum absolute atomic E-state index is 0.733. The van der Waals surface area contributed by atoms with Gasteiger partial charge in [0.2, 0.25) is 0 Å². The Morgan fingerprint density at radius 2 is 2.30 bits per heavy atom. The Labute approximate surface area is 61.2 Å². The minimum Gasteiger partial charge on any atom is -0.137 e. The standard InChI is InChI=1S/C7H12N3/c1-6(2)3-4-7-5-8-10-9-7/h5-6H,3-4H2,1-2H3. The van der Waals surface area contributed by atoms with Gasteiger partial charge in [-0.25, -0.2) is 0 Å². The highest BCUT2D eigenvalue weighted by atomic mass is 15.4. The zero-order valence-corrected chi connectivity index (χ0v) is 6.41. The molecule has 0 amide bonds. The van der Waals surface area contributed by atoms with Crippen LogP contribution in [-0.2, 0) is 0 Å². The number of rotatable bonds is 3. The Kier molecular flexibility index (Phi) is 2.42. The highest BCUT2D eigenvalue weighted by Crippen LogP contribution is 2.14. The van der Waals surface area contributed by atoms with E-state index in [1.807, 2.05) is 0 Å². The number of allylic oxidation sites excluding steroid dienone is 1. The molecule has 0 aliphatic carbocycles. The quantitative estimate of drug-likeness (QED) is 0.573. The molecule has 0 saturated heterocycles. The molecule has 1 radical (unpaired) electrons. The van der Waals surface area contributed by atoms with Gasteiger partial charge in [0, 0.05) is 0 Å². The van der Waals surface area contributed by atoms with Crippen LogP contribution in [-0.4, -0.2) is 0 Å². The molecule has 1 heterocycles. The lowest BCUT2D eigenvalue weighted by Gasteiger charge is -2.00. The highest BCUT2D eigenvalue weighted by molar-refractivity contribution is 4.99. The summed E-state index contributed by atoms with van der Waals surface area (Å²) in [6.07, 6.45) is 3.90. The van der Waals surface area contributed by atoms with Gasteiger partial charge in [-0.15, -0.1) is 10.5 Å². The van der Waals surface area contributed by atoms with Crippen LogP contribution in [0.15, 0.2) is 22.2 Å². The first-order chi connectivity index (χ1) is 4.79. The first kappa shape index (κ1) is 7.25. The number of hydrogen-bond acceptors (Lipinski definition) is 2. The predicted octanol–water partition coefficient (Wildman–Crippen LogP) is 2.25. The largest absolute Gasteiger partial charge is 0.137 e. The van der Waals surface area contributed by atoms with Gasteiger partial charge in [-0.3, -0.25) is 0 Å². The molecule has 0 unspecified atom stereocenters. The van der Waals surface area contributed by atoms with Crippen molar-refractivity contribution in [1.82, 2.24) is 5.43 Å². The zero-order valence-electron chi connectivity index (χ0n) is 6.41. The van der Waals surface area contributed by atoms with E-state index in [1.54, 1.807) is 6.20 Å². The maximum absolute atomic E-state index is 3.83. The molecule has 0 aromatic rings. The maximum atomic E-state index is 3.83. The average Bonchev–Trinajstić information content (AvgIpc) is 2.34. The Morgan fingerprint density at radius 3 is 2.80 bits per heavy atom. The summed E-state index contributed by atoms with van der Waals surface area (Å²) in [7, 11) is 0. The second kappa shape index (κ2) is 3.34. The molecule has 0 aromatic carbocycles. The van der Waals surface area contributed by atoms with Crippen LogP contribution >= 0.6 is 0 Å². The second-order valence-corrected chi connectivity index (χ2v) is 2.86. The first-order valence-electron chi connectivity index (χ1n) is 3.59. The van der Waals surface area contributed by atoms with Crippen LogP contribution in [0.25, 0.3) is 0 Å². The molecule has 0 saturated carbocycles. The van der Waals surface area contributed by atoms with Gasteiger partial charge in [-0.1, -0.05) is 13.8 Å². The van der Waals surface area contributed by atoms with Gasteiger partial charge < -0.3 is 0 Å². The van der Waals surface area contributed by atoms with Gasteiger partial charge in [-0.2, -0.15) is 0 Å². The van der Waals surface area contributed by atoms with Crippen molar-refractivity contribution in [2.75, 3.05) is 0 Å². The molecule has 55 valence electrons. The van der Waals surface area contributed by atoms with Crippen molar-refractivity contribution < 1.29 is 0 Å². The minimum atomic E-state index is 0.733. The van der Waals surface area contributed by atoms with Crippen LogP contribution < -0.4 is 5.43 Å². The molecule has 0 N–H and O–H groups in total. The van der Waals surface area contributed by atoms with Crippen molar-refractivity contribution >= 4 is 0 Å². The van der Waals surface area contributed by atoms with Gasteiger partial charge in [0.15, 0.2) is 0 Å². The van der Waals surface area contributed by atoms with E-state index in [-0.39, 0.29) is 0 Å². The maximum Gasteiger partial charge on any atom is 0.0850 e. The van der Waals surface area contributed by atoms with Crippen molar-refractivity contribution in [1.29, 1.82) is 0 Å². The summed E-state index contributed by atoms with van der Waals surface area (Å²) in [5, 5.41) is 7.33. The molecule has 0 spiro atoms. The van der Waals surface area contributed by atoms with E-state index >= 15 is 0 Å². The summed E-state index contributed by atoms with van der Waals surface area (Å²) in [5.74, 6) is 0.733. The summed E-state index contributed by atoms with van der Waals surface area (Å²) in [5.41, 5.74) is 4.65. The van der Waals surface area contributed by atoms with E-state index in [0.29, 0.717) is 0 Å². The van der Waals surface area contributed by atoms with Gasteiger partial charge in [0.25, 0.3) is 0 Å². The third-order valence-electron chi connectivity index (χ3n) is 1.41. The fraction of sp³-hybridized carbons (Fsp3) is 0.714. The van der Waals surface area contributed by atoms with Crippen LogP contribution in [0.4, 0.5) is 0 Å². The lowest BCUT2D eigenvalue weighted by atomic mass is 10.1. The van der Waals surface area contributed by atoms with E-state index in [9.17, 15) is 0 Å². The molecule has 0 aromatic heterocycles. The molecular formula is C7H12N3. The van der Waals surface area contributed by atoms with Crippen LogP contribution in [0.2, 0.25) is 0 Å². The Hall–Kier alpha value is -0.860. The lowest BCUT2D eigenvalue weighted by Crippen LogP contribution is -1.87. The molecule has 0 fully saturated rings. The monoisotopic (exact) mass is 138 g/mol. The molecular weight excluding hydrogens is 126 g/mol. The van der Waals surface area contributed by atoms with Crippen LogP contribution in [0, 0.1) is 5.92 Å². The predicted molar refractivity (Wildman–Crippen MR) is 39.1 cm³/mol. The second-order valence-electron chi connectivity index (χ2n) is 2.86. The Balaban J connectivity index is 2.19. The molecule has 0 bridgehead atoms. The third kappa shape index (κ3) is 2.17. The molecule has 3 heteroatoms. The zero-order chi connectivity index (χ0) is 7.40. The van der Waals surface area contributed by atoms with E-state index in [0.717, 1.165) is 18.0 Å². The molecule has 1 rings (SSSR count). The fourth-order valence-electron chi connectivity index (χ4n) is 0.753. The molecule has 0 atom stereocenters. The van der Waals surface area contributed by atoms with Crippen molar-refractivity contribution in [3.05, 3.63) is 11.9 Å². The van der Waals surface area contributed by atoms with Crippen molar-refractivity contribution in [2.24, 2.45) is 16.3 Å². The van der Waals surface area contributed by atoms with Crippen LogP contribution in [0.3, 0.4) is 0 Å². The molecule has 1 aliphatic rings. The van der Waals surface area contributed by atoms with Crippen LogP contribution in [0.1, 0.15) is 26.7 Å². The number of hydrogen-bond donors (Lipinski definition) is 0. The summed E-state index contributed by atoms with van der Waals surface area (Å²) in [4.78, 5) is 0. The molecule has 10 heavy (non-hydrogen) atoms. The fourth-order valence-corrected chi connectivity index (χ4v) is 0.753.